The summed E-state index contributed by atoms with van der Waals surface area (Å²) < 4.78 is 5.93. The van der Waals surface area contributed by atoms with Crippen molar-refractivity contribution in [1.82, 2.24) is 14.9 Å². The van der Waals surface area contributed by atoms with Crippen LogP contribution in [0, 0.1) is 0 Å². The maximum atomic E-state index is 10.1. The Morgan fingerprint density at radius 2 is 1.92 bits per heavy atom. The van der Waals surface area contributed by atoms with Crippen LogP contribution in [0.4, 0.5) is 0 Å². The molecule has 0 bridgehead atoms. The van der Waals surface area contributed by atoms with Gasteiger partial charge in [0.15, 0.2) is 0 Å². The molecule has 2 saturated carbocycles. The van der Waals surface area contributed by atoms with Crippen molar-refractivity contribution >= 4 is 0 Å². The van der Waals surface area contributed by atoms with E-state index in [0.29, 0.717) is 12.0 Å². The predicted octanol–water partition coefficient (Wildman–Crippen LogP) is 3.03. The fourth-order valence-electron chi connectivity index (χ4n) is 5.21. The van der Waals surface area contributed by atoms with E-state index < -0.39 is 0 Å². The van der Waals surface area contributed by atoms with E-state index in [-0.39, 0.29) is 11.7 Å². The highest BCUT2D eigenvalue weighted by Gasteiger charge is 2.50. The van der Waals surface area contributed by atoms with Crippen LogP contribution in [0.15, 0.2) is 12.4 Å². The van der Waals surface area contributed by atoms with Crippen molar-refractivity contribution in [2.75, 3.05) is 13.7 Å². The molecule has 2 heterocycles. The molecule has 3 fully saturated rings. The second-order valence-electron chi connectivity index (χ2n) is 8.22. The van der Waals surface area contributed by atoms with Crippen molar-refractivity contribution in [3.05, 3.63) is 23.8 Å². The molecule has 1 aromatic rings. The van der Waals surface area contributed by atoms with Crippen LogP contribution in [0.1, 0.15) is 75.1 Å². The molecule has 0 amide bonds. The molecular weight excluding hydrogens is 314 g/mol. The number of rotatable bonds is 4. The van der Waals surface area contributed by atoms with Crippen molar-refractivity contribution < 1.29 is 9.84 Å². The summed E-state index contributed by atoms with van der Waals surface area (Å²) in [6.07, 6.45) is 14.0. The summed E-state index contributed by atoms with van der Waals surface area (Å²) in [5.74, 6) is 1.59. The van der Waals surface area contributed by atoms with Gasteiger partial charge in [0.2, 0.25) is 0 Å². The number of aromatic nitrogens is 2. The van der Waals surface area contributed by atoms with Gasteiger partial charge >= 0.3 is 0 Å². The minimum atomic E-state index is -0.196. The SMILES string of the molecule is CO[C@@]12CCC(O)CC1N(Cc1cnc(C3CCCCC3)nc1)CC2. The maximum Gasteiger partial charge on any atom is 0.131 e. The Labute approximate surface area is 150 Å². The first-order chi connectivity index (χ1) is 12.2. The molecule has 2 unspecified atom stereocenters. The highest BCUT2D eigenvalue weighted by atomic mass is 16.5. The van der Waals surface area contributed by atoms with Crippen LogP contribution in [-0.4, -0.2) is 51.4 Å². The van der Waals surface area contributed by atoms with E-state index in [1.807, 2.05) is 19.5 Å². The molecule has 1 N–H and O–H groups in total. The number of aliphatic hydroxyl groups excluding tert-OH is 1. The van der Waals surface area contributed by atoms with Crippen LogP contribution in [0.25, 0.3) is 0 Å². The van der Waals surface area contributed by atoms with Gasteiger partial charge < -0.3 is 9.84 Å². The summed E-state index contributed by atoms with van der Waals surface area (Å²) >= 11 is 0. The van der Waals surface area contributed by atoms with Crippen LogP contribution in [0.2, 0.25) is 0 Å². The monoisotopic (exact) mass is 345 g/mol. The predicted molar refractivity (Wildman–Crippen MR) is 96.3 cm³/mol. The Morgan fingerprint density at radius 1 is 1.16 bits per heavy atom. The third-order valence-electron chi connectivity index (χ3n) is 6.75. The quantitative estimate of drug-likeness (QED) is 0.909. The molecule has 3 atom stereocenters. The largest absolute Gasteiger partial charge is 0.393 e. The number of ether oxygens (including phenoxy) is 1. The van der Waals surface area contributed by atoms with E-state index in [4.69, 9.17) is 4.74 Å². The van der Waals surface area contributed by atoms with Crippen molar-refractivity contribution in [3.63, 3.8) is 0 Å². The molecule has 0 spiro atoms. The molecule has 3 aliphatic rings. The highest BCUT2D eigenvalue weighted by Crippen LogP contribution is 2.43. The molecular formula is C20H31N3O2. The molecule has 0 aromatic carbocycles. The lowest BCUT2D eigenvalue weighted by Gasteiger charge is -2.42. The zero-order valence-corrected chi connectivity index (χ0v) is 15.4. The van der Waals surface area contributed by atoms with Gasteiger partial charge in [-0.05, 0) is 38.5 Å². The number of likely N-dealkylation sites (tertiary alicyclic amines) is 1. The average Bonchev–Trinajstić information content (AvgIpc) is 3.01. The van der Waals surface area contributed by atoms with Gasteiger partial charge in [-0.3, -0.25) is 4.90 Å². The number of hydrogen-bond donors (Lipinski definition) is 1. The minimum absolute atomic E-state index is 0.0673. The Morgan fingerprint density at radius 3 is 2.64 bits per heavy atom. The molecule has 1 aliphatic heterocycles. The summed E-state index contributed by atoms with van der Waals surface area (Å²) in [7, 11) is 1.83. The van der Waals surface area contributed by atoms with Crippen molar-refractivity contribution in [3.8, 4) is 0 Å². The second-order valence-corrected chi connectivity index (χ2v) is 8.22. The van der Waals surface area contributed by atoms with Crippen LogP contribution in [-0.2, 0) is 11.3 Å². The van der Waals surface area contributed by atoms with Crippen LogP contribution in [0.5, 0.6) is 0 Å². The van der Waals surface area contributed by atoms with Gasteiger partial charge in [-0.2, -0.15) is 0 Å². The van der Waals surface area contributed by atoms with E-state index >= 15 is 0 Å². The number of fused-ring (bicyclic) bond motifs is 1. The van der Waals surface area contributed by atoms with Gasteiger partial charge in [0.25, 0.3) is 0 Å². The van der Waals surface area contributed by atoms with E-state index in [2.05, 4.69) is 14.9 Å². The first-order valence-corrected chi connectivity index (χ1v) is 9.98. The van der Waals surface area contributed by atoms with Gasteiger partial charge in [0, 0.05) is 50.1 Å². The maximum absolute atomic E-state index is 10.1. The number of aliphatic hydroxyl groups is 1. The molecule has 4 rings (SSSR count). The van der Waals surface area contributed by atoms with Gasteiger partial charge in [-0.25, -0.2) is 9.97 Å². The standard InChI is InChI=1S/C20H31N3O2/c1-25-20-8-7-17(24)11-18(20)23(10-9-20)14-15-12-21-19(22-13-15)16-5-3-2-4-6-16/h12-13,16-18,24H,2-11,14H2,1H3/t17?,18?,20-/m1/s1. The molecule has 138 valence electrons. The first kappa shape index (κ1) is 17.4. The van der Waals surface area contributed by atoms with Crippen molar-refractivity contribution in [2.24, 2.45) is 0 Å². The second kappa shape index (κ2) is 7.29. The lowest BCUT2D eigenvalue weighted by Crippen LogP contribution is -2.51. The zero-order valence-electron chi connectivity index (χ0n) is 15.4. The first-order valence-electron chi connectivity index (χ1n) is 9.98. The Balaban J connectivity index is 1.43. The molecule has 25 heavy (non-hydrogen) atoms. The van der Waals surface area contributed by atoms with E-state index in [1.54, 1.807) is 0 Å². The summed E-state index contributed by atoms with van der Waals surface area (Å²) in [6, 6.07) is 0.305. The molecule has 2 aliphatic carbocycles. The third kappa shape index (κ3) is 3.46. The normalized spacial score (nSPS) is 34.2. The summed E-state index contributed by atoms with van der Waals surface area (Å²) in [5.41, 5.74) is 1.11. The number of nitrogens with zero attached hydrogens (tertiary/aromatic N) is 3. The zero-order chi connectivity index (χ0) is 17.3. The smallest absolute Gasteiger partial charge is 0.131 e. The average molecular weight is 345 g/mol. The van der Waals surface area contributed by atoms with Crippen LogP contribution < -0.4 is 0 Å². The Hall–Kier alpha value is -1.04. The Bertz CT molecular complexity index is 573. The molecule has 1 aromatic heterocycles. The third-order valence-corrected chi connectivity index (χ3v) is 6.75. The fraction of sp³-hybridized carbons (Fsp3) is 0.800. The van der Waals surface area contributed by atoms with Crippen LogP contribution >= 0.6 is 0 Å². The fourth-order valence-corrected chi connectivity index (χ4v) is 5.21. The van der Waals surface area contributed by atoms with Gasteiger partial charge in [0.05, 0.1) is 11.7 Å². The van der Waals surface area contributed by atoms with Gasteiger partial charge in [-0.15, -0.1) is 0 Å². The summed E-state index contributed by atoms with van der Waals surface area (Å²) in [6.45, 7) is 1.88. The summed E-state index contributed by atoms with van der Waals surface area (Å²) in [4.78, 5) is 11.8. The molecule has 0 radical (unpaired) electrons. The molecule has 1 saturated heterocycles. The topological polar surface area (TPSA) is 58.5 Å². The number of methoxy groups -OCH3 is 1. The molecule has 5 nitrogen and oxygen atoms in total. The Kier molecular flexibility index (Phi) is 5.07. The lowest BCUT2D eigenvalue weighted by atomic mass is 9.79. The lowest BCUT2D eigenvalue weighted by molar-refractivity contribution is -0.0879. The minimum Gasteiger partial charge on any atom is -0.393 e. The number of hydrogen-bond acceptors (Lipinski definition) is 5. The van der Waals surface area contributed by atoms with Gasteiger partial charge in [-0.1, -0.05) is 19.3 Å². The van der Waals surface area contributed by atoms with Crippen LogP contribution in [0.3, 0.4) is 0 Å². The van der Waals surface area contributed by atoms with Crippen molar-refractivity contribution in [2.45, 2.75) is 88.0 Å². The van der Waals surface area contributed by atoms with Crippen molar-refractivity contribution in [1.29, 1.82) is 0 Å². The van der Waals surface area contributed by atoms with E-state index in [1.165, 1.54) is 37.7 Å². The summed E-state index contributed by atoms with van der Waals surface area (Å²) in [5, 5.41) is 10.1. The van der Waals surface area contributed by atoms with Gasteiger partial charge in [0.1, 0.15) is 5.82 Å². The van der Waals surface area contributed by atoms with E-state index in [9.17, 15) is 5.11 Å². The highest BCUT2D eigenvalue weighted by molar-refractivity contribution is 5.11. The molecule has 5 heteroatoms. The van der Waals surface area contributed by atoms with E-state index in [0.717, 1.165) is 44.6 Å².